The molecule has 0 aromatic rings. The summed E-state index contributed by atoms with van der Waals surface area (Å²) in [5.74, 6) is -3.66. The predicted octanol–water partition coefficient (Wildman–Crippen LogP) is 0.361. The molecular formula is C20H24O6. The van der Waals surface area contributed by atoms with Gasteiger partial charge in [-0.25, -0.2) is 0 Å². The molecule has 26 heavy (non-hydrogen) atoms. The van der Waals surface area contributed by atoms with E-state index in [2.05, 4.69) is 6.58 Å². The fourth-order valence-corrected chi connectivity index (χ4v) is 7.17. The van der Waals surface area contributed by atoms with Gasteiger partial charge in [0.15, 0.2) is 11.6 Å². The fourth-order valence-electron chi connectivity index (χ4n) is 7.17. The number of ketones is 2. The van der Waals surface area contributed by atoms with Crippen molar-refractivity contribution in [2.75, 3.05) is 13.2 Å². The van der Waals surface area contributed by atoms with E-state index < -0.39 is 40.0 Å². The molecule has 5 fully saturated rings. The van der Waals surface area contributed by atoms with Crippen molar-refractivity contribution in [3.8, 4) is 0 Å². The fraction of sp³-hybridized carbons (Fsp3) is 0.700. The van der Waals surface area contributed by atoms with E-state index >= 15 is 0 Å². The van der Waals surface area contributed by atoms with Crippen LogP contribution in [0.1, 0.15) is 26.2 Å². The Morgan fingerprint density at radius 3 is 2.77 bits per heavy atom. The van der Waals surface area contributed by atoms with Crippen LogP contribution in [0.15, 0.2) is 24.3 Å². The van der Waals surface area contributed by atoms with Crippen LogP contribution in [-0.2, 0) is 14.3 Å². The van der Waals surface area contributed by atoms with Crippen molar-refractivity contribution < 1.29 is 29.6 Å². The van der Waals surface area contributed by atoms with Crippen LogP contribution in [-0.4, -0.2) is 52.0 Å². The van der Waals surface area contributed by atoms with Crippen molar-refractivity contribution >= 4 is 11.6 Å². The zero-order valence-electron chi connectivity index (χ0n) is 14.8. The van der Waals surface area contributed by atoms with Gasteiger partial charge in [0.1, 0.15) is 6.10 Å². The van der Waals surface area contributed by atoms with Crippen LogP contribution in [0.4, 0.5) is 0 Å². The normalized spacial score (nSPS) is 57.3. The largest absolute Gasteiger partial charge is 0.395 e. The van der Waals surface area contributed by atoms with E-state index in [9.17, 15) is 24.9 Å². The van der Waals surface area contributed by atoms with Crippen LogP contribution in [0, 0.1) is 34.0 Å². The number of hydrogen-bond acceptors (Lipinski definition) is 6. The van der Waals surface area contributed by atoms with Gasteiger partial charge in [-0.1, -0.05) is 19.6 Å². The Kier molecular flexibility index (Phi) is 2.94. The number of carbonyl (C=O) groups excluding carboxylic acids is 2. The molecule has 2 saturated heterocycles. The zero-order chi connectivity index (χ0) is 18.7. The van der Waals surface area contributed by atoms with Crippen molar-refractivity contribution in [3.63, 3.8) is 0 Å². The summed E-state index contributed by atoms with van der Waals surface area (Å²) in [5, 5.41) is 32.8. The number of aliphatic hydroxyl groups excluding tert-OH is 2. The quantitative estimate of drug-likeness (QED) is 0.584. The topological polar surface area (TPSA) is 104 Å². The number of aliphatic hydroxyl groups is 3. The smallest absolute Gasteiger partial charge is 0.205 e. The molecule has 3 saturated carbocycles. The first-order valence-electron chi connectivity index (χ1n) is 9.31. The second-order valence-corrected chi connectivity index (χ2v) is 9.17. The first-order chi connectivity index (χ1) is 12.2. The lowest BCUT2D eigenvalue weighted by Crippen LogP contribution is -2.83. The minimum Gasteiger partial charge on any atom is -0.395 e. The molecule has 2 heterocycles. The highest BCUT2D eigenvalue weighted by atomic mass is 16.6. The number of allylic oxidation sites excluding steroid dienone is 2. The first kappa shape index (κ1) is 16.8. The van der Waals surface area contributed by atoms with E-state index in [4.69, 9.17) is 4.74 Å². The van der Waals surface area contributed by atoms with E-state index in [0.717, 1.165) is 6.42 Å². The standard InChI is InChI=1S/C20H24O6/c1-10-11-3-4-12-18-9-26-20(25,19(12,7-11)15(10)23)16(24)14(18)17(2,8-21)6-5-13(18)22/h5-6,11-12,14,16,21,24-25H,1,3-4,7-9H2,2H3/t11-,12+,14-,16+,17+,18-,19+,20-/m1/s1. The van der Waals surface area contributed by atoms with E-state index in [-0.39, 0.29) is 30.7 Å². The molecule has 6 aliphatic rings. The molecular weight excluding hydrogens is 336 g/mol. The van der Waals surface area contributed by atoms with E-state index in [1.165, 1.54) is 6.08 Å². The van der Waals surface area contributed by atoms with Gasteiger partial charge in [-0.2, -0.15) is 0 Å². The SMILES string of the molecule is C=C1C(=O)[C@]23C[C@H]1CC[C@H]2[C@@]12CO[C@]3(O)[C@@H](O)[C@@H]1[C@](C)(CO)C=CC2=O. The highest BCUT2D eigenvalue weighted by Gasteiger charge is 2.84. The van der Waals surface area contributed by atoms with Gasteiger partial charge < -0.3 is 20.1 Å². The lowest BCUT2D eigenvalue weighted by molar-refractivity contribution is -0.423. The summed E-state index contributed by atoms with van der Waals surface area (Å²) in [6.45, 7) is 5.41. The van der Waals surface area contributed by atoms with Gasteiger partial charge in [-0.15, -0.1) is 0 Å². The zero-order valence-corrected chi connectivity index (χ0v) is 14.8. The molecule has 0 unspecified atom stereocenters. The molecule has 0 aromatic heterocycles. The maximum atomic E-state index is 13.3. The van der Waals surface area contributed by atoms with Gasteiger partial charge in [0, 0.05) is 11.3 Å². The van der Waals surface area contributed by atoms with E-state index in [0.29, 0.717) is 18.4 Å². The lowest BCUT2D eigenvalue weighted by atomic mass is 9.37. The Bertz CT molecular complexity index is 787. The van der Waals surface area contributed by atoms with Crippen LogP contribution >= 0.6 is 0 Å². The minimum atomic E-state index is -2.05. The summed E-state index contributed by atoms with van der Waals surface area (Å²) >= 11 is 0. The number of Topliss-reactive ketones (excluding diaryl/α,β-unsaturated/α-hetero) is 1. The Hall–Kier alpha value is -1.34. The number of hydrogen-bond donors (Lipinski definition) is 3. The molecule has 140 valence electrons. The first-order valence-corrected chi connectivity index (χ1v) is 9.31. The van der Waals surface area contributed by atoms with Crippen molar-refractivity contribution in [2.45, 2.75) is 38.1 Å². The van der Waals surface area contributed by atoms with Crippen molar-refractivity contribution in [1.29, 1.82) is 0 Å². The van der Waals surface area contributed by atoms with Gasteiger partial charge in [-0.05, 0) is 42.7 Å². The van der Waals surface area contributed by atoms with Gasteiger partial charge in [0.05, 0.1) is 24.0 Å². The molecule has 0 radical (unpaired) electrons. The van der Waals surface area contributed by atoms with Crippen LogP contribution in [0.25, 0.3) is 0 Å². The monoisotopic (exact) mass is 360 g/mol. The minimum absolute atomic E-state index is 0.0359. The molecule has 2 spiro atoms. The maximum Gasteiger partial charge on any atom is 0.205 e. The molecule has 8 atom stereocenters. The maximum absolute atomic E-state index is 13.3. The van der Waals surface area contributed by atoms with Gasteiger partial charge in [-0.3, -0.25) is 9.59 Å². The highest BCUT2D eigenvalue weighted by Crippen LogP contribution is 2.75. The number of fused-ring (bicyclic) bond motifs is 2. The molecule has 4 bridgehead atoms. The summed E-state index contributed by atoms with van der Waals surface area (Å²) < 4.78 is 5.76. The number of ether oxygens (including phenoxy) is 1. The lowest BCUT2D eigenvalue weighted by Gasteiger charge is -2.71. The average Bonchev–Trinajstić information content (AvgIpc) is 2.82. The molecule has 6 nitrogen and oxygen atoms in total. The van der Waals surface area contributed by atoms with Gasteiger partial charge in [0.25, 0.3) is 0 Å². The third kappa shape index (κ3) is 1.38. The summed E-state index contributed by atoms with van der Waals surface area (Å²) in [7, 11) is 0. The summed E-state index contributed by atoms with van der Waals surface area (Å²) in [4.78, 5) is 26.5. The molecule has 3 N–H and O–H groups in total. The Morgan fingerprint density at radius 1 is 1.35 bits per heavy atom. The second-order valence-electron chi connectivity index (χ2n) is 9.17. The Morgan fingerprint density at radius 2 is 2.08 bits per heavy atom. The van der Waals surface area contributed by atoms with Crippen LogP contribution in [0.3, 0.4) is 0 Å². The molecule has 6 rings (SSSR count). The highest BCUT2D eigenvalue weighted by molar-refractivity contribution is 6.06. The van der Waals surface area contributed by atoms with Crippen molar-refractivity contribution in [3.05, 3.63) is 24.3 Å². The summed E-state index contributed by atoms with van der Waals surface area (Å²) in [6.07, 6.45) is 3.37. The molecule has 4 aliphatic carbocycles. The second kappa shape index (κ2) is 4.55. The van der Waals surface area contributed by atoms with Crippen LogP contribution in [0.2, 0.25) is 0 Å². The number of carbonyl (C=O) groups is 2. The molecule has 0 aromatic carbocycles. The van der Waals surface area contributed by atoms with Crippen LogP contribution < -0.4 is 0 Å². The van der Waals surface area contributed by atoms with Crippen LogP contribution in [0.5, 0.6) is 0 Å². The van der Waals surface area contributed by atoms with Crippen molar-refractivity contribution in [2.24, 2.45) is 34.0 Å². The van der Waals surface area contributed by atoms with Gasteiger partial charge in [0.2, 0.25) is 5.79 Å². The Balaban J connectivity index is 1.81. The van der Waals surface area contributed by atoms with Gasteiger partial charge >= 0.3 is 0 Å². The third-order valence-electron chi connectivity index (χ3n) is 8.35. The van der Waals surface area contributed by atoms with E-state index in [1.54, 1.807) is 13.0 Å². The molecule has 0 amide bonds. The average molecular weight is 360 g/mol. The third-order valence-corrected chi connectivity index (χ3v) is 8.35. The summed E-state index contributed by atoms with van der Waals surface area (Å²) in [5.41, 5.74) is -2.83. The van der Waals surface area contributed by atoms with E-state index in [1.807, 2.05) is 0 Å². The Labute approximate surface area is 151 Å². The molecule has 6 heteroatoms. The predicted molar refractivity (Wildman–Crippen MR) is 89.6 cm³/mol. The number of rotatable bonds is 1. The summed E-state index contributed by atoms with van der Waals surface area (Å²) in [6, 6.07) is 0. The molecule has 2 aliphatic heterocycles. The van der Waals surface area contributed by atoms with Crippen molar-refractivity contribution in [1.82, 2.24) is 0 Å².